The molecule has 1 aliphatic carbocycles. The molecule has 2 N–H and O–H groups in total. The van der Waals surface area contributed by atoms with Crippen LogP contribution in [0.15, 0.2) is 41.3 Å². The van der Waals surface area contributed by atoms with Gasteiger partial charge in [-0.05, 0) is 74.6 Å². The lowest BCUT2D eigenvalue weighted by Crippen LogP contribution is -2.21. The van der Waals surface area contributed by atoms with E-state index in [1.165, 1.54) is 32.1 Å². The number of rotatable bonds is 6. The molecule has 5 nitrogen and oxygen atoms in total. The van der Waals surface area contributed by atoms with Gasteiger partial charge in [0.25, 0.3) is 10.0 Å². The number of nitrogens with zero attached hydrogens (tertiary/aromatic N) is 1. The summed E-state index contributed by atoms with van der Waals surface area (Å²) in [6, 6.07) is 11.1. The summed E-state index contributed by atoms with van der Waals surface area (Å²) < 4.78 is 29.1. The van der Waals surface area contributed by atoms with E-state index in [4.69, 9.17) is 16.6 Å². The smallest absolute Gasteiger partial charge is 0.262 e. The van der Waals surface area contributed by atoms with Crippen LogP contribution in [0.5, 0.6) is 0 Å². The summed E-state index contributed by atoms with van der Waals surface area (Å²) in [6.45, 7) is 5.62. The topological polar surface area (TPSA) is 71.1 Å². The van der Waals surface area contributed by atoms with Gasteiger partial charge in [0.05, 0.1) is 15.5 Å². The predicted molar refractivity (Wildman–Crippen MR) is 135 cm³/mol. The van der Waals surface area contributed by atoms with E-state index in [2.05, 4.69) is 10.0 Å². The van der Waals surface area contributed by atoms with Crippen LogP contribution in [0.4, 0.5) is 10.8 Å². The minimum atomic E-state index is -3.76. The molecule has 1 heterocycles. The standard InChI is InChI=1S/C24H28ClN3O2S2/c1-15-9-10-18(23-17(3)26-24(31-23)27-19-7-5-4-6-8-19)14-22(15)32(29,30)28-20-11-12-21(25)16(2)13-20/h9-14,19,28H,4-8H2,1-3H3,(H,26,27). The number of sulfonamides is 1. The fourth-order valence-corrected chi connectivity index (χ4v) is 6.58. The molecule has 1 saturated carbocycles. The van der Waals surface area contributed by atoms with E-state index >= 15 is 0 Å². The fourth-order valence-electron chi connectivity index (χ4n) is 4.10. The molecule has 0 bridgehead atoms. The van der Waals surface area contributed by atoms with Gasteiger partial charge >= 0.3 is 0 Å². The molecule has 0 saturated heterocycles. The maximum Gasteiger partial charge on any atom is 0.262 e. The molecule has 3 aromatic rings. The van der Waals surface area contributed by atoms with E-state index in [0.29, 0.717) is 22.3 Å². The van der Waals surface area contributed by atoms with Crippen molar-refractivity contribution in [3.8, 4) is 10.4 Å². The predicted octanol–water partition coefficient (Wildman–Crippen LogP) is 6.93. The Hall–Kier alpha value is -2.09. The fraction of sp³-hybridized carbons (Fsp3) is 0.375. The highest BCUT2D eigenvalue weighted by molar-refractivity contribution is 7.92. The van der Waals surface area contributed by atoms with Gasteiger partial charge in [-0.3, -0.25) is 4.72 Å². The first-order valence-electron chi connectivity index (χ1n) is 10.9. The minimum absolute atomic E-state index is 0.261. The highest BCUT2D eigenvalue weighted by Crippen LogP contribution is 2.36. The summed E-state index contributed by atoms with van der Waals surface area (Å²) in [5, 5.41) is 5.08. The normalized spacial score (nSPS) is 15.0. The van der Waals surface area contributed by atoms with E-state index < -0.39 is 10.0 Å². The van der Waals surface area contributed by atoms with Gasteiger partial charge in [-0.2, -0.15) is 0 Å². The van der Waals surface area contributed by atoms with Crippen LogP contribution in [-0.4, -0.2) is 19.4 Å². The Kier molecular flexibility index (Phi) is 6.79. The minimum Gasteiger partial charge on any atom is -0.359 e. The number of anilines is 2. The van der Waals surface area contributed by atoms with Crippen molar-refractivity contribution in [3.05, 3.63) is 58.2 Å². The molecule has 0 atom stereocenters. The molecule has 0 radical (unpaired) electrons. The number of benzene rings is 2. The molecule has 8 heteroatoms. The zero-order chi connectivity index (χ0) is 22.9. The van der Waals surface area contributed by atoms with Crippen LogP contribution < -0.4 is 10.0 Å². The Morgan fingerprint density at radius 1 is 1.00 bits per heavy atom. The van der Waals surface area contributed by atoms with E-state index in [9.17, 15) is 8.42 Å². The van der Waals surface area contributed by atoms with Crippen molar-refractivity contribution >= 4 is 43.8 Å². The molecule has 0 amide bonds. The summed E-state index contributed by atoms with van der Waals surface area (Å²) in [6.07, 6.45) is 6.18. The van der Waals surface area contributed by atoms with E-state index in [0.717, 1.165) is 26.8 Å². The number of aromatic nitrogens is 1. The first-order chi connectivity index (χ1) is 15.2. The Bertz CT molecular complexity index is 1230. The zero-order valence-electron chi connectivity index (χ0n) is 18.5. The van der Waals surface area contributed by atoms with Crippen LogP contribution in [0.3, 0.4) is 0 Å². The Morgan fingerprint density at radius 3 is 2.47 bits per heavy atom. The van der Waals surface area contributed by atoms with Crippen molar-refractivity contribution in [3.63, 3.8) is 0 Å². The first-order valence-corrected chi connectivity index (χ1v) is 13.5. The number of aryl methyl sites for hydroxylation is 3. The van der Waals surface area contributed by atoms with Crippen LogP contribution in [0, 0.1) is 20.8 Å². The average Bonchev–Trinajstić information content (AvgIpc) is 3.11. The summed E-state index contributed by atoms with van der Waals surface area (Å²) >= 11 is 7.66. The third-order valence-corrected chi connectivity index (χ3v) is 8.96. The van der Waals surface area contributed by atoms with Gasteiger partial charge in [0.2, 0.25) is 0 Å². The van der Waals surface area contributed by atoms with Crippen LogP contribution in [0.1, 0.15) is 48.9 Å². The van der Waals surface area contributed by atoms with Crippen molar-refractivity contribution in [1.29, 1.82) is 0 Å². The number of hydrogen-bond acceptors (Lipinski definition) is 5. The molecule has 2 aromatic carbocycles. The summed E-state index contributed by atoms with van der Waals surface area (Å²) in [5.41, 5.74) is 3.76. The molecule has 0 spiro atoms. The maximum atomic E-state index is 13.2. The third kappa shape index (κ3) is 5.11. The monoisotopic (exact) mass is 489 g/mol. The summed E-state index contributed by atoms with van der Waals surface area (Å²) in [4.78, 5) is 5.96. The van der Waals surface area contributed by atoms with Gasteiger partial charge in [0, 0.05) is 16.8 Å². The van der Waals surface area contributed by atoms with Gasteiger partial charge < -0.3 is 5.32 Å². The van der Waals surface area contributed by atoms with Crippen molar-refractivity contribution in [2.45, 2.75) is 63.8 Å². The van der Waals surface area contributed by atoms with Crippen LogP contribution >= 0.6 is 22.9 Å². The maximum absolute atomic E-state index is 13.2. The zero-order valence-corrected chi connectivity index (χ0v) is 20.9. The lowest BCUT2D eigenvalue weighted by atomic mass is 9.96. The number of hydrogen-bond donors (Lipinski definition) is 2. The van der Waals surface area contributed by atoms with Gasteiger partial charge in [-0.25, -0.2) is 13.4 Å². The Balaban J connectivity index is 1.61. The molecular formula is C24H28ClN3O2S2. The average molecular weight is 490 g/mol. The molecule has 1 aliphatic rings. The quantitative estimate of drug-likeness (QED) is 0.393. The summed E-state index contributed by atoms with van der Waals surface area (Å²) in [7, 11) is -3.76. The second-order valence-electron chi connectivity index (χ2n) is 8.46. The molecule has 1 aromatic heterocycles. The van der Waals surface area contributed by atoms with Gasteiger partial charge in [-0.1, -0.05) is 54.3 Å². The van der Waals surface area contributed by atoms with Crippen molar-refractivity contribution < 1.29 is 8.42 Å². The van der Waals surface area contributed by atoms with Gasteiger partial charge in [-0.15, -0.1) is 0 Å². The third-order valence-electron chi connectivity index (χ3n) is 5.88. The van der Waals surface area contributed by atoms with Crippen LogP contribution in [-0.2, 0) is 10.0 Å². The molecule has 1 fully saturated rings. The largest absolute Gasteiger partial charge is 0.359 e. The first kappa shape index (κ1) is 23.1. The van der Waals surface area contributed by atoms with Crippen LogP contribution in [0.25, 0.3) is 10.4 Å². The van der Waals surface area contributed by atoms with E-state index in [-0.39, 0.29) is 4.90 Å². The highest BCUT2D eigenvalue weighted by atomic mass is 35.5. The highest BCUT2D eigenvalue weighted by Gasteiger charge is 2.21. The summed E-state index contributed by atoms with van der Waals surface area (Å²) in [5.74, 6) is 0. The number of thiazole rings is 1. The Labute approximate surface area is 199 Å². The second-order valence-corrected chi connectivity index (χ2v) is 11.5. The molecule has 32 heavy (non-hydrogen) atoms. The SMILES string of the molecule is Cc1cc(NS(=O)(=O)c2cc(-c3sc(NC4CCCCC4)nc3C)ccc2C)ccc1Cl. The lowest BCUT2D eigenvalue weighted by molar-refractivity contribution is 0.462. The molecule has 4 rings (SSSR count). The van der Waals surface area contributed by atoms with Gasteiger partial charge in [0.15, 0.2) is 5.13 Å². The van der Waals surface area contributed by atoms with Crippen molar-refractivity contribution in [1.82, 2.24) is 4.98 Å². The number of halogens is 1. The van der Waals surface area contributed by atoms with Crippen LogP contribution in [0.2, 0.25) is 5.02 Å². The number of nitrogens with one attached hydrogen (secondary N) is 2. The second kappa shape index (κ2) is 9.41. The molecular weight excluding hydrogens is 462 g/mol. The molecule has 0 aliphatic heterocycles. The molecule has 0 unspecified atom stereocenters. The Morgan fingerprint density at radius 2 is 1.75 bits per heavy atom. The van der Waals surface area contributed by atoms with E-state index in [1.807, 2.05) is 26.0 Å². The van der Waals surface area contributed by atoms with Crippen molar-refractivity contribution in [2.24, 2.45) is 0 Å². The van der Waals surface area contributed by atoms with E-state index in [1.54, 1.807) is 42.5 Å². The van der Waals surface area contributed by atoms with Crippen molar-refractivity contribution in [2.75, 3.05) is 10.0 Å². The molecule has 170 valence electrons. The van der Waals surface area contributed by atoms with Gasteiger partial charge in [0.1, 0.15) is 0 Å². The lowest BCUT2D eigenvalue weighted by Gasteiger charge is -2.22.